The number of carbonyl (C=O) groups is 2. The molecule has 0 bridgehead atoms. The number of ether oxygens (including phenoxy) is 2. The van der Waals surface area contributed by atoms with Gasteiger partial charge >= 0.3 is 11.9 Å². The molecule has 0 aromatic rings. The zero-order chi connectivity index (χ0) is 35.0. The summed E-state index contributed by atoms with van der Waals surface area (Å²) in [5, 5.41) is 9.54. The Morgan fingerprint density at radius 2 is 0.938 bits per heavy atom. The Morgan fingerprint density at radius 3 is 1.52 bits per heavy atom. The van der Waals surface area contributed by atoms with Gasteiger partial charge in [-0.25, -0.2) is 0 Å². The maximum atomic E-state index is 12.2. The van der Waals surface area contributed by atoms with Crippen molar-refractivity contribution in [3.63, 3.8) is 0 Å². The second-order valence-corrected chi connectivity index (χ2v) is 12.3. The molecule has 0 aromatic carbocycles. The van der Waals surface area contributed by atoms with Crippen LogP contribution in [-0.4, -0.2) is 36.4 Å². The first-order valence-corrected chi connectivity index (χ1v) is 19.2. The lowest BCUT2D eigenvalue weighted by Crippen LogP contribution is -2.28. The van der Waals surface area contributed by atoms with Gasteiger partial charge in [0.1, 0.15) is 6.61 Å². The number of aliphatic hydroxyl groups is 1. The molecule has 48 heavy (non-hydrogen) atoms. The van der Waals surface area contributed by atoms with Gasteiger partial charge in [0.15, 0.2) is 6.10 Å². The SMILES string of the molecule is CC/C=C/C=C/C=C/C=C/CCCCCC(=O)OCC(CO)OC(=O)CCCCCCCCCCCCC/C=C/C/C=C/C/C=C/CC. The highest BCUT2D eigenvalue weighted by Gasteiger charge is 2.16. The summed E-state index contributed by atoms with van der Waals surface area (Å²) in [6, 6.07) is 0. The second kappa shape index (κ2) is 38.5. The molecule has 0 aliphatic rings. The van der Waals surface area contributed by atoms with E-state index in [-0.39, 0.29) is 25.2 Å². The minimum atomic E-state index is -0.793. The smallest absolute Gasteiger partial charge is 0.306 e. The topological polar surface area (TPSA) is 72.8 Å². The third-order valence-electron chi connectivity index (χ3n) is 7.78. The van der Waals surface area contributed by atoms with Gasteiger partial charge in [0.25, 0.3) is 0 Å². The van der Waals surface area contributed by atoms with Crippen LogP contribution in [0.2, 0.25) is 0 Å². The summed E-state index contributed by atoms with van der Waals surface area (Å²) in [7, 11) is 0. The van der Waals surface area contributed by atoms with Crippen LogP contribution < -0.4 is 0 Å². The summed E-state index contributed by atoms with van der Waals surface area (Å²) in [6.07, 6.45) is 52.2. The predicted molar refractivity (Wildman–Crippen MR) is 205 cm³/mol. The van der Waals surface area contributed by atoms with Crippen LogP contribution in [0.15, 0.2) is 85.1 Å². The molecule has 0 amide bonds. The predicted octanol–water partition coefficient (Wildman–Crippen LogP) is 11.9. The molecule has 1 atom stereocenters. The largest absolute Gasteiger partial charge is 0.462 e. The van der Waals surface area contributed by atoms with Crippen molar-refractivity contribution in [3.05, 3.63) is 85.1 Å². The highest BCUT2D eigenvalue weighted by Crippen LogP contribution is 2.13. The summed E-state index contributed by atoms with van der Waals surface area (Å²) < 4.78 is 10.6. The van der Waals surface area contributed by atoms with Gasteiger partial charge < -0.3 is 14.6 Å². The molecular weight excluding hydrogens is 596 g/mol. The molecule has 0 fully saturated rings. The number of unbranched alkanes of at least 4 members (excludes halogenated alkanes) is 14. The Hall–Kier alpha value is -2.92. The number of rotatable bonds is 33. The first kappa shape index (κ1) is 45.1. The van der Waals surface area contributed by atoms with Crippen molar-refractivity contribution in [2.45, 2.75) is 161 Å². The van der Waals surface area contributed by atoms with Crippen molar-refractivity contribution >= 4 is 11.9 Å². The highest BCUT2D eigenvalue weighted by atomic mass is 16.6. The third kappa shape index (κ3) is 35.9. The quantitative estimate of drug-likeness (QED) is 0.0326. The normalized spacial score (nSPS) is 13.1. The monoisotopic (exact) mass is 667 g/mol. The van der Waals surface area contributed by atoms with Gasteiger partial charge in [-0.1, -0.05) is 163 Å². The van der Waals surface area contributed by atoms with Crippen LogP contribution in [0.4, 0.5) is 0 Å². The Bertz CT molecular complexity index is 937. The number of esters is 2. The zero-order valence-electron chi connectivity index (χ0n) is 30.7. The van der Waals surface area contributed by atoms with Gasteiger partial charge in [-0.05, 0) is 64.2 Å². The molecule has 0 heterocycles. The molecule has 0 spiro atoms. The standard InChI is InChI=1S/C43H70O5/c1-3-5-7-9-11-13-15-17-18-19-20-21-22-23-24-26-28-30-32-34-36-38-43(46)48-41(39-44)40-47-42(45)37-35-33-31-29-27-25-16-14-12-10-8-6-4-2/h5-8,10-14,16-18,25,27,41,44H,3-4,9,15,19-24,26,28-40H2,1-2H3/b7-5+,8-6+,12-10+,13-11+,16-14+,18-17+,27-25+. The van der Waals surface area contributed by atoms with Gasteiger partial charge in [0.05, 0.1) is 6.61 Å². The van der Waals surface area contributed by atoms with E-state index in [0.717, 1.165) is 70.6 Å². The average Bonchev–Trinajstić information content (AvgIpc) is 3.09. The number of aliphatic hydroxyl groups excluding tert-OH is 1. The number of hydrogen-bond acceptors (Lipinski definition) is 5. The van der Waals surface area contributed by atoms with E-state index in [2.05, 4.69) is 62.5 Å². The molecule has 0 aliphatic carbocycles. The van der Waals surface area contributed by atoms with Gasteiger partial charge in [0.2, 0.25) is 0 Å². The fraction of sp³-hybridized carbons (Fsp3) is 0.628. The molecule has 5 heteroatoms. The van der Waals surface area contributed by atoms with Gasteiger partial charge in [-0.3, -0.25) is 9.59 Å². The van der Waals surface area contributed by atoms with Crippen LogP contribution in [0.1, 0.15) is 155 Å². The Kier molecular flexibility index (Phi) is 36.2. The van der Waals surface area contributed by atoms with Crippen LogP contribution in [-0.2, 0) is 19.1 Å². The van der Waals surface area contributed by atoms with E-state index >= 15 is 0 Å². The van der Waals surface area contributed by atoms with Crippen molar-refractivity contribution in [1.29, 1.82) is 0 Å². The first-order valence-electron chi connectivity index (χ1n) is 19.2. The second-order valence-electron chi connectivity index (χ2n) is 12.3. The summed E-state index contributed by atoms with van der Waals surface area (Å²) in [5.74, 6) is -0.648. The Morgan fingerprint density at radius 1 is 0.500 bits per heavy atom. The molecule has 0 aliphatic heterocycles. The Labute approximate surface area is 295 Å². The lowest BCUT2D eigenvalue weighted by Gasteiger charge is -2.15. The summed E-state index contributed by atoms with van der Waals surface area (Å²) >= 11 is 0. The fourth-order valence-electron chi connectivity index (χ4n) is 4.93. The van der Waals surface area contributed by atoms with Crippen LogP contribution >= 0.6 is 0 Å². The molecule has 1 N–H and O–H groups in total. The zero-order valence-corrected chi connectivity index (χ0v) is 30.7. The molecule has 0 saturated carbocycles. The highest BCUT2D eigenvalue weighted by molar-refractivity contribution is 5.70. The molecule has 1 unspecified atom stereocenters. The molecular formula is C43H70O5. The number of hydrogen-bond donors (Lipinski definition) is 1. The lowest BCUT2D eigenvalue weighted by atomic mass is 10.0. The van der Waals surface area contributed by atoms with E-state index in [0.29, 0.717) is 12.8 Å². The maximum absolute atomic E-state index is 12.2. The van der Waals surface area contributed by atoms with E-state index in [1.165, 1.54) is 57.8 Å². The van der Waals surface area contributed by atoms with Gasteiger partial charge in [0, 0.05) is 12.8 Å². The van der Waals surface area contributed by atoms with Gasteiger partial charge in [-0.15, -0.1) is 0 Å². The maximum Gasteiger partial charge on any atom is 0.306 e. The van der Waals surface area contributed by atoms with Crippen LogP contribution in [0.3, 0.4) is 0 Å². The Balaban J connectivity index is 3.61. The van der Waals surface area contributed by atoms with Crippen LogP contribution in [0.5, 0.6) is 0 Å². The number of allylic oxidation sites excluding steroid dienone is 14. The summed E-state index contributed by atoms with van der Waals surface area (Å²) in [5.41, 5.74) is 0. The molecule has 5 nitrogen and oxygen atoms in total. The van der Waals surface area contributed by atoms with Crippen molar-refractivity contribution in [3.8, 4) is 0 Å². The average molecular weight is 667 g/mol. The van der Waals surface area contributed by atoms with Gasteiger partial charge in [-0.2, -0.15) is 0 Å². The van der Waals surface area contributed by atoms with E-state index in [1.807, 2.05) is 36.5 Å². The van der Waals surface area contributed by atoms with Crippen LogP contribution in [0.25, 0.3) is 0 Å². The molecule has 0 radical (unpaired) electrons. The first-order chi connectivity index (χ1) is 23.6. The molecule has 0 rings (SSSR count). The van der Waals surface area contributed by atoms with E-state index in [9.17, 15) is 14.7 Å². The lowest BCUT2D eigenvalue weighted by molar-refractivity contribution is -0.161. The summed E-state index contributed by atoms with van der Waals surface area (Å²) in [4.78, 5) is 24.2. The van der Waals surface area contributed by atoms with Crippen molar-refractivity contribution in [1.82, 2.24) is 0 Å². The minimum absolute atomic E-state index is 0.0919. The van der Waals surface area contributed by atoms with Crippen molar-refractivity contribution in [2.75, 3.05) is 13.2 Å². The van der Waals surface area contributed by atoms with Crippen LogP contribution in [0, 0.1) is 0 Å². The molecule has 272 valence electrons. The minimum Gasteiger partial charge on any atom is -0.462 e. The van der Waals surface area contributed by atoms with E-state index < -0.39 is 6.10 Å². The molecule has 0 saturated heterocycles. The van der Waals surface area contributed by atoms with E-state index in [4.69, 9.17) is 9.47 Å². The van der Waals surface area contributed by atoms with E-state index in [1.54, 1.807) is 0 Å². The fourth-order valence-corrected chi connectivity index (χ4v) is 4.93. The van der Waals surface area contributed by atoms with Crippen molar-refractivity contribution in [2.24, 2.45) is 0 Å². The number of carbonyl (C=O) groups excluding carboxylic acids is 2. The third-order valence-corrected chi connectivity index (χ3v) is 7.78. The summed E-state index contributed by atoms with van der Waals surface area (Å²) in [6.45, 7) is 3.83. The molecule has 0 aromatic heterocycles. The van der Waals surface area contributed by atoms with Crippen molar-refractivity contribution < 1.29 is 24.2 Å².